The second-order valence-corrected chi connectivity index (χ2v) is 6.56. The van der Waals surface area contributed by atoms with Crippen molar-refractivity contribution in [3.05, 3.63) is 34.9 Å². The lowest BCUT2D eigenvalue weighted by Crippen LogP contribution is -2.45. The highest BCUT2D eigenvalue weighted by Crippen LogP contribution is 2.39. The van der Waals surface area contributed by atoms with E-state index in [1.54, 1.807) is 11.8 Å². The topological polar surface area (TPSA) is 125 Å². The number of nitrogens with zero attached hydrogens (tertiary/aromatic N) is 1. The summed E-state index contributed by atoms with van der Waals surface area (Å²) in [6.45, 7) is 2.23. The summed E-state index contributed by atoms with van der Waals surface area (Å²) in [5.74, 6) is -2.13. The van der Waals surface area contributed by atoms with Gasteiger partial charge in [0.15, 0.2) is 5.96 Å². The van der Waals surface area contributed by atoms with Crippen LogP contribution in [0.4, 0.5) is 13.2 Å². The Kier molecular flexibility index (Phi) is 6.09. The summed E-state index contributed by atoms with van der Waals surface area (Å²) >= 11 is 0. The molecule has 0 radical (unpaired) electrons. The maximum atomic E-state index is 13.5. The number of hydrogen-bond acceptors (Lipinski definition) is 4. The molecule has 1 aliphatic heterocycles. The summed E-state index contributed by atoms with van der Waals surface area (Å²) in [6, 6.07) is 2.69. The smallest absolute Gasteiger partial charge is 0.370 e. The molecule has 1 aliphatic rings. The molecule has 7 nitrogen and oxygen atoms in total. The lowest BCUT2D eigenvalue weighted by atomic mass is 9.85. The Morgan fingerprint density at radius 2 is 1.89 bits per heavy atom. The van der Waals surface area contributed by atoms with Crippen LogP contribution in [0.2, 0.25) is 0 Å². The second-order valence-electron chi connectivity index (χ2n) is 6.56. The van der Waals surface area contributed by atoms with Crippen molar-refractivity contribution in [1.29, 1.82) is 5.41 Å². The Bertz CT molecular complexity index is 741. The van der Waals surface area contributed by atoms with Crippen LogP contribution in [-0.4, -0.2) is 41.8 Å². The van der Waals surface area contributed by atoms with Crippen LogP contribution in [0.1, 0.15) is 47.2 Å². The summed E-state index contributed by atoms with van der Waals surface area (Å²) < 4.78 is 40.6. The van der Waals surface area contributed by atoms with Gasteiger partial charge in [0, 0.05) is 18.7 Å². The predicted molar refractivity (Wildman–Crippen MR) is 93.0 cm³/mol. The van der Waals surface area contributed by atoms with E-state index in [4.69, 9.17) is 16.9 Å². The quantitative estimate of drug-likeness (QED) is 0.463. The van der Waals surface area contributed by atoms with E-state index in [-0.39, 0.29) is 23.0 Å². The number of hydrogen-bond donors (Lipinski definition) is 4. The molecule has 1 aromatic carbocycles. The minimum absolute atomic E-state index is 0.0924. The van der Waals surface area contributed by atoms with Crippen LogP contribution in [0.5, 0.6) is 0 Å². The summed E-state index contributed by atoms with van der Waals surface area (Å²) in [5, 5.41) is 8.98. The normalized spacial score (nSPS) is 16.7. The van der Waals surface area contributed by atoms with Gasteiger partial charge >= 0.3 is 6.18 Å². The number of alkyl halides is 3. The number of carbonyl (C=O) groups excluding carboxylic acids is 2. The fourth-order valence-corrected chi connectivity index (χ4v) is 3.19. The highest BCUT2D eigenvalue weighted by atomic mass is 19.4. The van der Waals surface area contributed by atoms with Crippen LogP contribution >= 0.6 is 0 Å². The minimum Gasteiger partial charge on any atom is -0.370 e. The summed E-state index contributed by atoms with van der Waals surface area (Å²) in [4.78, 5) is 25.3. The number of piperidine rings is 1. The SMILES string of the molecule is CC(N)C(=O)N1CCC(c2ccc(C(=O)NC(=N)N)cc2C(F)(F)F)CC1. The summed E-state index contributed by atoms with van der Waals surface area (Å²) in [6.07, 6.45) is -3.89. The Balaban J connectivity index is 2.26. The molecule has 1 saturated heterocycles. The van der Waals surface area contributed by atoms with Crippen LogP contribution in [0.25, 0.3) is 0 Å². The third-order valence-corrected chi connectivity index (χ3v) is 4.51. The maximum absolute atomic E-state index is 13.5. The van der Waals surface area contributed by atoms with Crippen molar-refractivity contribution in [3.63, 3.8) is 0 Å². The molecular formula is C17H22F3N5O2. The molecule has 1 heterocycles. The zero-order chi connectivity index (χ0) is 20.4. The number of rotatable bonds is 3. The number of amides is 2. The van der Waals surface area contributed by atoms with Gasteiger partial charge < -0.3 is 16.4 Å². The van der Waals surface area contributed by atoms with Gasteiger partial charge in [-0.3, -0.25) is 20.3 Å². The number of halogens is 3. The van der Waals surface area contributed by atoms with Gasteiger partial charge in [0.05, 0.1) is 11.6 Å². The van der Waals surface area contributed by atoms with Crippen molar-refractivity contribution in [2.75, 3.05) is 13.1 Å². The van der Waals surface area contributed by atoms with Gasteiger partial charge in [-0.2, -0.15) is 13.2 Å². The van der Waals surface area contributed by atoms with Crippen molar-refractivity contribution in [2.24, 2.45) is 11.5 Å². The van der Waals surface area contributed by atoms with Crippen molar-refractivity contribution < 1.29 is 22.8 Å². The number of nitrogens with two attached hydrogens (primary N) is 2. The molecule has 6 N–H and O–H groups in total. The predicted octanol–water partition coefficient (Wildman–Crippen LogP) is 1.38. The highest BCUT2D eigenvalue weighted by molar-refractivity contribution is 6.04. The fourth-order valence-electron chi connectivity index (χ4n) is 3.19. The average Bonchev–Trinajstić information content (AvgIpc) is 2.59. The third-order valence-electron chi connectivity index (χ3n) is 4.51. The van der Waals surface area contributed by atoms with E-state index in [2.05, 4.69) is 0 Å². The molecule has 2 rings (SSSR count). The zero-order valence-corrected chi connectivity index (χ0v) is 14.8. The first kappa shape index (κ1) is 20.7. The third kappa shape index (κ3) is 4.97. The second kappa shape index (κ2) is 7.95. The Labute approximate surface area is 154 Å². The average molecular weight is 385 g/mol. The number of carbonyl (C=O) groups is 2. The number of benzene rings is 1. The molecule has 1 aromatic rings. The Morgan fingerprint density at radius 1 is 1.30 bits per heavy atom. The molecule has 0 bridgehead atoms. The van der Waals surface area contributed by atoms with E-state index in [0.717, 1.165) is 6.07 Å². The largest absolute Gasteiger partial charge is 0.416 e. The Hall–Kier alpha value is -2.62. The van der Waals surface area contributed by atoms with Crippen LogP contribution < -0.4 is 16.8 Å². The molecule has 0 aromatic heterocycles. The highest BCUT2D eigenvalue weighted by Gasteiger charge is 2.37. The monoisotopic (exact) mass is 385 g/mol. The molecule has 0 spiro atoms. The van der Waals surface area contributed by atoms with Gasteiger partial charge in [-0.15, -0.1) is 0 Å². The van der Waals surface area contributed by atoms with Crippen LogP contribution in [0.3, 0.4) is 0 Å². The van der Waals surface area contributed by atoms with E-state index in [9.17, 15) is 22.8 Å². The molecule has 0 saturated carbocycles. The van der Waals surface area contributed by atoms with E-state index < -0.39 is 29.6 Å². The number of nitrogens with one attached hydrogen (secondary N) is 2. The van der Waals surface area contributed by atoms with Crippen molar-refractivity contribution in [3.8, 4) is 0 Å². The van der Waals surface area contributed by atoms with Crippen LogP contribution in [0.15, 0.2) is 18.2 Å². The van der Waals surface area contributed by atoms with Gasteiger partial charge in [-0.25, -0.2) is 0 Å². The molecule has 1 atom stereocenters. The van der Waals surface area contributed by atoms with Gasteiger partial charge in [0.2, 0.25) is 5.91 Å². The first-order valence-corrected chi connectivity index (χ1v) is 8.41. The molecule has 2 amide bonds. The summed E-state index contributed by atoms with van der Waals surface area (Å²) in [7, 11) is 0. The van der Waals surface area contributed by atoms with E-state index in [1.165, 1.54) is 12.1 Å². The number of guanidine groups is 1. The van der Waals surface area contributed by atoms with Crippen LogP contribution in [-0.2, 0) is 11.0 Å². The summed E-state index contributed by atoms with van der Waals surface area (Å²) in [5.41, 5.74) is 9.59. The number of likely N-dealkylation sites (tertiary alicyclic amines) is 1. The van der Waals surface area contributed by atoms with E-state index >= 15 is 0 Å². The fraction of sp³-hybridized carbons (Fsp3) is 0.471. The molecular weight excluding hydrogens is 363 g/mol. The first-order chi connectivity index (χ1) is 12.5. The molecule has 0 aliphatic carbocycles. The van der Waals surface area contributed by atoms with Gasteiger partial charge in [0.25, 0.3) is 5.91 Å². The lowest BCUT2D eigenvalue weighted by molar-refractivity contribution is -0.139. The lowest BCUT2D eigenvalue weighted by Gasteiger charge is -2.34. The maximum Gasteiger partial charge on any atom is 0.416 e. The van der Waals surface area contributed by atoms with E-state index in [1.807, 2.05) is 5.32 Å². The minimum atomic E-state index is -4.64. The standard InChI is InChI=1S/C17H22F3N5O2/c1-9(21)15(27)25-6-4-10(5-7-25)12-3-2-11(14(26)24-16(22)23)8-13(12)17(18,19)20/h2-3,8-10H,4-7,21H2,1H3,(H4,22,23,24,26). The molecule has 1 fully saturated rings. The van der Waals surface area contributed by atoms with Gasteiger partial charge in [-0.05, 0) is 43.4 Å². The molecule has 148 valence electrons. The molecule has 1 unspecified atom stereocenters. The van der Waals surface area contributed by atoms with Crippen molar-refractivity contribution in [1.82, 2.24) is 10.2 Å². The van der Waals surface area contributed by atoms with E-state index in [0.29, 0.717) is 25.9 Å². The van der Waals surface area contributed by atoms with Gasteiger partial charge in [-0.1, -0.05) is 6.07 Å². The van der Waals surface area contributed by atoms with Gasteiger partial charge in [0.1, 0.15) is 0 Å². The molecule has 27 heavy (non-hydrogen) atoms. The first-order valence-electron chi connectivity index (χ1n) is 8.41. The zero-order valence-electron chi connectivity index (χ0n) is 14.8. The van der Waals surface area contributed by atoms with Crippen LogP contribution in [0, 0.1) is 5.41 Å². The Morgan fingerprint density at radius 3 is 2.37 bits per heavy atom. The van der Waals surface area contributed by atoms with Crippen molar-refractivity contribution in [2.45, 2.75) is 37.9 Å². The molecule has 10 heteroatoms. The van der Waals surface area contributed by atoms with Crippen molar-refractivity contribution >= 4 is 17.8 Å².